The molecule has 22 heteroatoms. The standard InChI is InChI=1S/C24H72N16P5.HI/c1-29(2)42(30(3)4,31(5)6)25-41(26-43(32(7)8,33(9)10)34(11)12,27-44(35(13)14,36(15)16)37(17)18)28-45(38(19)20,39(21)22)40(23)24;/h1-24H3;1H/q+1;/p-1. The highest BCUT2D eigenvalue weighted by molar-refractivity contribution is 7.87. The Kier molecular flexibility index (Phi) is 20.4. The van der Waals surface area contributed by atoms with Crippen LogP contribution in [0.2, 0.25) is 0 Å². The first-order valence-electron chi connectivity index (χ1n) is 14.7. The Balaban J connectivity index is 0. The van der Waals surface area contributed by atoms with Gasteiger partial charge in [-0.05, 0) is 187 Å². The van der Waals surface area contributed by atoms with Gasteiger partial charge in [0.05, 0.1) is 0 Å². The molecule has 0 heterocycles. The Labute approximate surface area is 303 Å². The molecule has 0 radical (unpaired) electrons. The van der Waals surface area contributed by atoms with Crippen LogP contribution in [0.5, 0.6) is 0 Å². The molecule has 0 unspecified atom stereocenters. The molecule has 0 aromatic rings. The summed E-state index contributed by atoms with van der Waals surface area (Å²) in [4.78, 5) is 0. The van der Waals surface area contributed by atoms with E-state index < -0.39 is 37.9 Å². The fraction of sp³-hybridized carbons (Fsp3) is 1.00. The molecule has 0 bridgehead atoms. The minimum Gasteiger partial charge on any atom is -1.00 e. The van der Waals surface area contributed by atoms with Gasteiger partial charge in [0.25, 0.3) is 0 Å². The first-order chi connectivity index (χ1) is 20.1. The fourth-order valence-electron chi connectivity index (χ4n) is 6.00. The SMILES string of the molecule is CN(C)P(=N[P+](N=P(N(C)C)(N(C)C)N(C)C)(N=P(N(C)C)(N(C)C)N(C)C)N=P(N(C)C)(N(C)C)N(C)C)(N(C)C)N(C)C.[I-]. The van der Waals surface area contributed by atoms with Gasteiger partial charge in [-0.15, -0.1) is 0 Å². The molecule has 16 nitrogen and oxygen atoms in total. The molecule has 0 aliphatic carbocycles. The Morgan fingerprint density at radius 1 is 0.239 bits per heavy atom. The first-order valence-corrected chi connectivity index (χ1v) is 22.7. The normalized spacial score (nSPS) is 14.5. The van der Waals surface area contributed by atoms with Crippen LogP contribution < -0.4 is 24.0 Å². The third-order valence-corrected chi connectivity index (χ3v) is 28.0. The van der Waals surface area contributed by atoms with Gasteiger partial charge in [-0.2, -0.15) is 0 Å². The molecule has 0 aliphatic rings. The first kappa shape index (κ1) is 49.7. The summed E-state index contributed by atoms with van der Waals surface area (Å²) in [6.07, 6.45) is 0. The van der Waals surface area contributed by atoms with Gasteiger partial charge < -0.3 is 24.0 Å². The number of rotatable bonds is 16. The predicted octanol–water partition coefficient (Wildman–Crippen LogP) is 2.19. The van der Waals surface area contributed by atoms with Crippen molar-refractivity contribution in [1.82, 2.24) is 56.0 Å². The van der Waals surface area contributed by atoms with Crippen molar-refractivity contribution in [3.05, 3.63) is 0 Å². The molecular formula is C24H72IN16P5. The van der Waals surface area contributed by atoms with Crippen molar-refractivity contribution in [2.24, 2.45) is 18.1 Å². The Morgan fingerprint density at radius 2 is 0.326 bits per heavy atom. The van der Waals surface area contributed by atoms with Crippen LogP contribution in [0.1, 0.15) is 0 Å². The van der Waals surface area contributed by atoms with Crippen LogP contribution in [0.4, 0.5) is 0 Å². The van der Waals surface area contributed by atoms with Crippen LogP contribution in [0.25, 0.3) is 0 Å². The lowest BCUT2D eigenvalue weighted by molar-refractivity contribution is -0.0000111. The summed E-state index contributed by atoms with van der Waals surface area (Å²) in [6.45, 7) is 0. The van der Waals surface area contributed by atoms with Gasteiger partial charge in [-0.25, -0.2) is 56.0 Å². The number of hydrogen-bond donors (Lipinski definition) is 0. The quantitative estimate of drug-likeness (QED) is 0.169. The van der Waals surface area contributed by atoms with E-state index in [1.54, 1.807) is 0 Å². The van der Waals surface area contributed by atoms with Gasteiger partial charge in [0.15, 0.2) is 0 Å². The van der Waals surface area contributed by atoms with E-state index in [1.165, 1.54) is 0 Å². The van der Waals surface area contributed by atoms with Crippen molar-refractivity contribution in [3.63, 3.8) is 0 Å². The molecule has 0 spiro atoms. The van der Waals surface area contributed by atoms with Gasteiger partial charge in [-0.3, -0.25) is 0 Å². The molecule has 0 amide bonds. The molecule has 0 rings (SSSR count). The van der Waals surface area contributed by atoms with E-state index in [9.17, 15) is 0 Å². The lowest BCUT2D eigenvalue weighted by Gasteiger charge is -2.44. The maximum absolute atomic E-state index is 6.08. The number of halogens is 1. The number of hydrogen-bond acceptors (Lipinski definition) is 4. The summed E-state index contributed by atoms with van der Waals surface area (Å²) >= 11 is 0. The summed E-state index contributed by atoms with van der Waals surface area (Å²) in [5, 5.41) is 0. The molecule has 280 valence electrons. The smallest absolute Gasteiger partial charge is 0.502 e. The lowest BCUT2D eigenvalue weighted by atomic mass is 11.2. The van der Waals surface area contributed by atoms with Gasteiger partial charge in [0.1, 0.15) is 0 Å². The highest BCUT2D eigenvalue weighted by Crippen LogP contribution is 2.86. The van der Waals surface area contributed by atoms with E-state index in [-0.39, 0.29) is 24.0 Å². The van der Waals surface area contributed by atoms with Gasteiger partial charge in [-0.1, -0.05) is 0 Å². The third kappa shape index (κ3) is 9.52. The summed E-state index contributed by atoms with van der Waals surface area (Å²) in [7, 11) is 36.8. The second-order valence-electron chi connectivity index (χ2n) is 13.2. The van der Waals surface area contributed by atoms with Crippen molar-refractivity contribution < 1.29 is 24.0 Å². The highest BCUT2D eigenvalue weighted by atomic mass is 127. The topological polar surface area (TPSA) is 88.3 Å². The minimum atomic E-state index is -3.43. The Bertz CT molecular complexity index is 883. The van der Waals surface area contributed by atoms with Crippen molar-refractivity contribution in [3.8, 4) is 0 Å². The molecule has 0 N–H and O–H groups in total. The zero-order valence-electron chi connectivity index (χ0n) is 33.8. The Morgan fingerprint density at radius 3 is 0.391 bits per heavy atom. The van der Waals surface area contributed by atoms with E-state index in [0.717, 1.165) is 0 Å². The van der Waals surface area contributed by atoms with Crippen LogP contribution in [0, 0.1) is 0 Å². The average Bonchev–Trinajstić information content (AvgIpc) is 2.84. The van der Waals surface area contributed by atoms with Crippen LogP contribution in [0.3, 0.4) is 0 Å². The monoisotopic (exact) mass is 866 g/mol. The largest absolute Gasteiger partial charge is 1.00 e. The van der Waals surface area contributed by atoms with Crippen LogP contribution in [0.15, 0.2) is 18.1 Å². The Hall–Kier alpha value is 1.60. The van der Waals surface area contributed by atoms with Gasteiger partial charge in [0.2, 0.25) is 30.0 Å². The molecule has 0 saturated heterocycles. The molecule has 0 saturated carbocycles. The van der Waals surface area contributed by atoms with Crippen molar-refractivity contribution in [1.29, 1.82) is 0 Å². The predicted molar refractivity (Wildman–Crippen MR) is 209 cm³/mol. The van der Waals surface area contributed by atoms with Crippen LogP contribution >= 0.6 is 37.9 Å². The molecule has 0 fully saturated rings. The molecule has 0 aromatic carbocycles. The van der Waals surface area contributed by atoms with E-state index in [1.807, 2.05) is 0 Å². The maximum atomic E-state index is 6.08. The second kappa shape index (κ2) is 18.9. The number of nitrogens with zero attached hydrogens (tertiary/aromatic N) is 16. The second-order valence-corrected chi connectivity index (χ2v) is 31.0. The zero-order valence-corrected chi connectivity index (χ0v) is 40.4. The summed E-state index contributed by atoms with van der Waals surface area (Å²) in [5.74, 6) is 0. The molecule has 0 aliphatic heterocycles. The fourth-order valence-corrected chi connectivity index (χ4v) is 30.2. The van der Waals surface area contributed by atoms with Crippen molar-refractivity contribution in [2.75, 3.05) is 169 Å². The van der Waals surface area contributed by atoms with Gasteiger partial charge >= 0.3 is 7.87 Å². The summed E-state index contributed by atoms with van der Waals surface area (Å²) in [5.41, 5.74) is 0. The molecule has 0 aromatic heterocycles. The lowest BCUT2D eigenvalue weighted by Crippen LogP contribution is -3.00. The highest BCUT2D eigenvalue weighted by Gasteiger charge is 2.56. The van der Waals surface area contributed by atoms with E-state index in [0.29, 0.717) is 0 Å². The minimum absolute atomic E-state index is 0. The molecule has 0 atom stereocenters. The average molecular weight is 867 g/mol. The third-order valence-electron chi connectivity index (χ3n) is 7.40. The maximum Gasteiger partial charge on any atom is 0.502 e. The van der Waals surface area contributed by atoms with Crippen molar-refractivity contribution in [2.45, 2.75) is 0 Å². The van der Waals surface area contributed by atoms with Gasteiger partial charge in [0, 0.05) is 0 Å². The van der Waals surface area contributed by atoms with E-state index in [2.05, 4.69) is 225 Å². The van der Waals surface area contributed by atoms with Crippen LogP contribution in [-0.4, -0.2) is 225 Å². The molecular weight excluding hydrogens is 794 g/mol. The molecule has 46 heavy (non-hydrogen) atoms. The zero-order chi connectivity index (χ0) is 36.3. The summed E-state index contributed by atoms with van der Waals surface area (Å²) in [6, 6.07) is 0. The van der Waals surface area contributed by atoms with E-state index in [4.69, 9.17) is 18.1 Å². The summed E-state index contributed by atoms with van der Waals surface area (Å²) < 4.78 is 51.2. The van der Waals surface area contributed by atoms with Crippen molar-refractivity contribution >= 4 is 37.9 Å². The van der Waals surface area contributed by atoms with E-state index >= 15 is 0 Å². The van der Waals surface area contributed by atoms with Crippen LogP contribution in [-0.2, 0) is 0 Å².